The molecule has 0 saturated heterocycles. The fourth-order valence-electron chi connectivity index (χ4n) is 1.77. The lowest BCUT2D eigenvalue weighted by molar-refractivity contribution is -0.385. The molecule has 0 aliphatic heterocycles. The zero-order valence-corrected chi connectivity index (χ0v) is 12.5. The van der Waals surface area contributed by atoms with Crippen LogP contribution in [-0.4, -0.2) is 12.0 Å². The average molecular weight is 348 g/mol. The second kappa shape index (κ2) is 6.24. The van der Waals surface area contributed by atoms with E-state index in [4.69, 9.17) is 10.00 Å². The van der Waals surface area contributed by atoms with Crippen LogP contribution in [0.2, 0.25) is 0 Å². The first kappa shape index (κ1) is 14.8. The minimum absolute atomic E-state index is 0.0291. The molecule has 0 amide bonds. The number of benzene rings is 2. The molecule has 0 bridgehead atoms. The summed E-state index contributed by atoms with van der Waals surface area (Å²) in [5, 5.41) is 22.8. The SMILES string of the molecule is COc1ccc(Nc2ccc(C#N)c([N+](=O)[O-])c2)cc1Br. The van der Waals surface area contributed by atoms with Crippen LogP contribution in [0.1, 0.15) is 5.56 Å². The van der Waals surface area contributed by atoms with E-state index in [9.17, 15) is 10.1 Å². The molecule has 1 N–H and O–H groups in total. The van der Waals surface area contributed by atoms with Gasteiger partial charge in [-0.3, -0.25) is 10.1 Å². The van der Waals surface area contributed by atoms with Crippen LogP contribution >= 0.6 is 15.9 Å². The van der Waals surface area contributed by atoms with Gasteiger partial charge in [-0.05, 0) is 46.3 Å². The van der Waals surface area contributed by atoms with Gasteiger partial charge >= 0.3 is 0 Å². The number of nitrogens with zero attached hydrogens (tertiary/aromatic N) is 2. The molecule has 0 aliphatic carbocycles. The Kier molecular flexibility index (Phi) is 4.40. The maximum Gasteiger partial charge on any atom is 0.289 e. The van der Waals surface area contributed by atoms with Crippen molar-refractivity contribution in [1.29, 1.82) is 5.26 Å². The van der Waals surface area contributed by atoms with Crippen LogP contribution in [0.5, 0.6) is 5.75 Å². The molecule has 21 heavy (non-hydrogen) atoms. The lowest BCUT2D eigenvalue weighted by Gasteiger charge is -2.09. The van der Waals surface area contributed by atoms with Crippen LogP contribution < -0.4 is 10.1 Å². The zero-order valence-electron chi connectivity index (χ0n) is 11.0. The Labute approximate surface area is 129 Å². The van der Waals surface area contributed by atoms with E-state index in [0.717, 1.165) is 10.2 Å². The predicted molar refractivity (Wildman–Crippen MR) is 81.8 cm³/mol. The largest absolute Gasteiger partial charge is 0.496 e. The fraction of sp³-hybridized carbons (Fsp3) is 0.0714. The number of ether oxygens (including phenoxy) is 1. The van der Waals surface area contributed by atoms with E-state index in [0.29, 0.717) is 11.4 Å². The number of nitro groups is 1. The summed E-state index contributed by atoms with van der Waals surface area (Å²) in [6.07, 6.45) is 0. The number of hydrogen-bond donors (Lipinski definition) is 1. The molecular formula is C14H10BrN3O3. The van der Waals surface area contributed by atoms with Gasteiger partial charge in [0, 0.05) is 17.4 Å². The molecule has 2 aromatic carbocycles. The van der Waals surface area contributed by atoms with Gasteiger partial charge in [-0.2, -0.15) is 5.26 Å². The summed E-state index contributed by atoms with van der Waals surface area (Å²) in [5.74, 6) is 0.686. The first-order chi connectivity index (χ1) is 10.0. The summed E-state index contributed by atoms with van der Waals surface area (Å²) in [6.45, 7) is 0. The van der Waals surface area contributed by atoms with Gasteiger partial charge in [0.15, 0.2) is 0 Å². The summed E-state index contributed by atoms with van der Waals surface area (Å²) in [4.78, 5) is 10.3. The van der Waals surface area contributed by atoms with Gasteiger partial charge in [0.05, 0.1) is 16.5 Å². The number of halogens is 1. The zero-order chi connectivity index (χ0) is 15.4. The van der Waals surface area contributed by atoms with E-state index < -0.39 is 4.92 Å². The van der Waals surface area contributed by atoms with Crippen LogP contribution in [-0.2, 0) is 0 Å². The molecule has 6 nitrogen and oxygen atoms in total. The molecule has 7 heteroatoms. The molecule has 2 aromatic rings. The number of nitro benzene ring substituents is 1. The number of methoxy groups -OCH3 is 1. The monoisotopic (exact) mass is 347 g/mol. The van der Waals surface area contributed by atoms with Gasteiger partial charge in [0.1, 0.15) is 17.4 Å². The molecular weight excluding hydrogens is 338 g/mol. The lowest BCUT2D eigenvalue weighted by atomic mass is 10.1. The Morgan fingerprint density at radius 2 is 1.95 bits per heavy atom. The highest BCUT2D eigenvalue weighted by Crippen LogP contribution is 2.30. The van der Waals surface area contributed by atoms with Crippen LogP contribution in [0, 0.1) is 21.4 Å². The van der Waals surface area contributed by atoms with Crippen LogP contribution in [0.15, 0.2) is 40.9 Å². The standard InChI is InChI=1S/C14H10BrN3O3/c1-21-14-5-4-10(6-12(14)15)17-11-3-2-9(8-16)13(7-11)18(19)20/h2-7,17H,1H3. The van der Waals surface area contributed by atoms with Gasteiger partial charge < -0.3 is 10.1 Å². The maximum atomic E-state index is 10.9. The van der Waals surface area contributed by atoms with E-state index >= 15 is 0 Å². The quantitative estimate of drug-likeness (QED) is 0.667. The molecule has 0 radical (unpaired) electrons. The van der Waals surface area contributed by atoms with Crippen molar-refractivity contribution >= 4 is 33.0 Å². The predicted octanol–water partition coefficient (Wildman–Crippen LogP) is 3.98. The molecule has 0 unspecified atom stereocenters. The van der Waals surface area contributed by atoms with Crippen LogP contribution in [0.3, 0.4) is 0 Å². The third-order valence-electron chi connectivity index (χ3n) is 2.76. The molecule has 0 saturated carbocycles. The van der Waals surface area contributed by atoms with Crippen LogP contribution in [0.4, 0.5) is 17.1 Å². The lowest BCUT2D eigenvalue weighted by Crippen LogP contribution is -1.96. The van der Waals surface area contributed by atoms with E-state index in [2.05, 4.69) is 21.2 Å². The minimum Gasteiger partial charge on any atom is -0.496 e. The van der Waals surface area contributed by atoms with E-state index in [1.54, 1.807) is 37.4 Å². The summed E-state index contributed by atoms with van der Waals surface area (Å²) in [6, 6.07) is 11.5. The first-order valence-corrected chi connectivity index (χ1v) is 6.63. The Balaban J connectivity index is 2.32. The molecule has 0 aromatic heterocycles. The highest BCUT2D eigenvalue weighted by atomic mass is 79.9. The Morgan fingerprint density at radius 1 is 1.29 bits per heavy atom. The second-order valence-electron chi connectivity index (χ2n) is 4.08. The fourth-order valence-corrected chi connectivity index (χ4v) is 2.31. The van der Waals surface area contributed by atoms with Crippen molar-refractivity contribution < 1.29 is 9.66 Å². The topological polar surface area (TPSA) is 88.2 Å². The number of anilines is 2. The summed E-state index contributed by atoms with van der Waals surface area (Å²) < 4.78 is 5.89. The van der Waals surface area contributed by atoms with E-state index in [1.807, 2.05) is 0 Å². The average Bonchev–Trinajstić information content (AvgIpc) is 2.47. The molecule has 0 fully saturated rings. The molecule has 0 spiro atoms. The Hall–Kier alpha value is -2.59. The Morgan fingerprint density at radius 3 is 2.52 bits per heavy atom. The number of rotatable bonds is 4. The summed E-state index contributed by atoms with van der Waals surface area (Å²) in [7, 11) is 1.57. The summed E-state index contributed by atoms with van der Waals surface area (Å²) in [5.41, 5.74) is 1.07. The van der Waals surface area contributed by atoms with Crippen molar-refractivity contribution in [2.75, 3.05) is 12.4 Å². The van der Waals surface area contributed by atoms with Crippen LogP contribution in [0.25, 0.3) is 0 Å². The van der Waals surface area contributed by atoms with Gasteiger partial charge in [0.2, 0.25) is 0 Å². The highest BCUT2D eigenvalue weighted by Gasteiger charge is 2.14. The molecule has 0 aliphatic rings. The van der Waals surface area contributed by atoms with Crippen molar-refractivity contribution in [3.8, 4) is 11.8 Å². The van der Waals surface area contributed by atoms with Gasteiger partial charge in [0.25, 0.3) is 5.69 Å². The number of nitrogens with one attached hydrogen (secondary N) is 1. The molecule has 106 valence electrons. The number of nitriles is 1. The molecule has 0 heterocycles. The van der Waals surface area contributed by atoms with Gasteiger partial charge in [-0.25, -0.2) is 0 Å². The molecule has 0 atom stereocenters. The van der Waals surface area contributed by atoms with Crippen molar-refractivity contribution in [2.24, 2.45) is 0 Å². The first-order valence-electron chi connectivity index (χ1n) is 5.84. The van der Waals surface area contributed by atoms with Crippen molar-refractivity contribution in [3.05, 3.63) is 56.5 Å². The number of hydrogen-bond acceptors (Lipinski definition) is 5. The van der Waals surface area contributed by atoms with E-state index in [1.165, 1.54) is 12.1 Å². The third kappa shape index (κ3) is 3.30. The van der Waals surface area contributed by atoms with E-state index in [-0.39, 0.29) is 11.3 Å². The van der Waals surface area contributed by atoms with Gasteiger partial charge in [-0.1, -0.05) is 0 Å². The van der Waals surface area contributed by atoms with Crippen molar-refractivity contribution in [3.63, 3.8) is 0 Å². The minimum atomic E-state index is -0.576. The second-order valence-corrected chi connectivity index (χ2v) is 4.93. The summed E-state index contributed by atoms with van der Waals surface area (Å²) >= 11 is 3.36. The normalized spacial score (nSPS) is 9.76. The molecule has 2 rings (SSSR count). The Bertz CT molecular complexity index is 741. The maximum absolute atomic E-state index is 10.9. The van der Waals surface area contributed by atoms with Crippen molar-refractivity contribution in [2.45, 2.75) is 0 Å². The third-order valence-corrected chi connectivity index (χ3v) is 3.38. The van der Waals surface area contributed by atoms with Crippen molar-refractivity contribution in [1.82, 2.24) is 0 Å². The van der Waals surface area contributed by atoms with Gasteiger partial charge in [-0.15, -0.1) is 0 Å². The highest BCUT2D eigenvalue weighted by molar-refractivity contribution is 9.10. The smallest absolute Gasteiger partial charge is 0.289 e.